The van der Waals surface area contributed by atoms with E-state index in [1.54, 1.807) is 0 Å². The van der Waals surface area contributed by atoms with Crippen LogP contribution in [0.3, 0.4) is 0 Å². The molecule has 0 saturated carbocycles. The smallest absolute Gasteiger partial charge is 0.119 e. The van der Waals surface area contributed by atoms with Crippen molar-refractivity contribution in [2.75, 3.05) is 33.4 Å². The van der Waals surface area contributed by atoms with Crippen LogP contribution in [0, 0.1) is 0 Å². The molecule has 0 aliphatic carbocycles. The number of hydrogen-bond acceptors (Lipinski definition) is 3. The lowest BCUT2D eigenvalue weighted by Gasteiger charge is -2.15. The average Bonchev–Trinajstić information content (AvgIpc) is 2.36. The SMILES string of the molecule is CCOc1ccc(CCN(C)CCCO)cc1. The van der Waals surface area contributed by atoms with E-state index in [1.165, 1.54) is 5.56 Å². The monoisotopic (exact) mass is 237 g/mol. The van der Waals surface area contributed by atoms with Crippen LogP contribution in [-0.4, -0.2) is 43.4 Å². The van der Waals surface area contributed by atoms with Gasteiger partial charge in [0.25, 0.3) is 0 Å². The lowest BCUT2D eigenvalue weighted by atomic mass is 10.1. The highest BCUT2D eigenvalue weighted by Crippen LogP contribution is 2.12. The van der Waals surface area contributed by atoms with Gasteiger partial charge in [-0.1, -0.05) is 12.1 Å². The van der Waals surface area contributed by atoms with Gasteiger partial charge in [-0.05, 0) is 44.5 Å². The Labute approximate surface area is 104 Å². The van der Waals surface area contributed by atoms with Crippen LogP contribution in [0.4, 0.5) is 0 Å². The Bertz CT molecular complexity index is 298. The molecule has 0 unspecified atom stereocenters. The van der Waals surface area contributed by atoms with E-state index in [4.69, 9.17) is 9.84 Å². The molecule has 0 aliphatic rings. The summed E-state index contributed by atoms with van der Waals surface area (Å²) in [6.07, 6.45) is 1.88. The first-order valence-electron chi connectivity index (χ1n) is 6.27. The lowest BCUT2D eigenvalue weighted by Crippen LogP contribution is -2.23. The van der Waals surface area contributed by atoms with Crippen molar-refractivity contribution >= 4 is 0 Å². The van der Waals surface area contributed by atoms with Crippen molar-refractivity contribution in [1.82, 2.24) is 4.90 Å². The molecule has 0 amide bonds. The first-order valence-corrected chi connectivity index (χ1v) is 6.27. The molecular weight excluding hydrogens is 214 g/mol. The third-order valence-corrected chi connectivity index (χ3v) is 2.71. The number of benzene rings is 1. The van der Waals surface area contributed by atoms with E-state index in [9.17, 15) is 0 Å². The third kappa shape index (κ3) is 5.71. The van der Waals surface area contributed by atoms with Gasteiger partial charge >= 0.3 is 0 Å². The summed E-state index contributed by atoms with van der Waals surface area (Å²) in [6, 6.07) is 8.27. The Morgan fingerprint density at radius 1 is 1.18 bits per heavy atom. The fourth-order valence-corrected chi connectivity index (χ4v) is 1.69. The molecule has 0 bridgehead atoms. The van der Waals surface area contributed by atoms with E-state index in [0.29, 0.717) is 6.61 Å². The Balaban J connectivity index is 2.31. The van der Waals surface area contributed by atoms with Crippen LogP contribution < -0.4 is 4.74 Å². The maximum absolute atomic E-state index is 8.74. The molecule has 0 aromatic heterocycles. The minimum atomic E-state index is 0.271. The van der Waals surface area contributed by atoms with Gasteiger partial charge < -0.3 is 14.7 Å². The van der Waals surface area contributed by atoms with Crippen LogP contribution in [0.2, 0.25) is 0 Å². The lowest BCUT2D eigenvalue weighted by molar-refractivity contribution is 0.248. The first kappa shape index (κ1) is 14.0. The number of aliphatic hydroxyl groups is 1. The fraction of sp³-hybridized carbons (Fsp3) is 0.571. The zero-order chi connectivity index (χ0) is 12.5. The number of ether oxygens (including phenoxy) is 1. The van der Waals surface area contributed by atoms with Gasteiger partial charge in [0.2, 0.25) is 0 Å². The molecule has 0 fully saturated rings. The van der Waals surface area contributed by atoms with Gasteiger partial charge in [0.05, 0.1) is 6.61 Å². The molecule has 0 radical (unpaired) electrons. The highest BCUT2D eigenvalue weighted by molar-refractivity contribution is 5.27. The predicted octanol–water partition coefficient (Wildman–Crippen LogP) is 1.94. The van der Waals surface area contributed by atoms with Crippen molar-refractivity contribution in [3.8, 4) is 5.75 Å². The summed E-state index contributed by atoms with van der Waals surface area (Å²) in [5.41, 5.74) is 1.32. The van der Waals surface area contributed by atoms with Gasteiger partial charge in [-0.2, -0.15) is 0 Å². The van der Waals surface area contributed by atoms with Crippen molar-refractivity contribution in [1.29, 1.82) is 0 Å². The highest BCUT2D eigenvalue weighted by atomic mass is 16.5. The zero-order valence-corrected chi connectivity index (χ0v) is 10.9. The van der Waals surface area contributed by atoms with Gasteiger partial charge in [0, 0.05) is 19.7 Å². The normalized spacial score (nSPS) is 10.8. The second-order valence-corrected chi connectivity index (χ2v) is 4.21. The summed E-state index contributed by atoms with van der Waals surface area (Å²) in [5.74, 6) is 0.935. The molecule has 96 valence electrons. The van der Waals surface area contributed by atoms with E-state index in [-0.39, 0.29) is 6.61 Å². The molecule has 3 nitrogen and oxygen atoms in total. The summed E-state index contributed by atoms with van der Waals surface area (Å²) in [4.78, 5) is 2.24. The Kier molecular flexibility index (Phi) is 6.67. The molecule has 1 aromatic rings. The van der Waals surface area contributed by atoms with E-state index in [2.05, 4.69) is 24.1 Å². The highest BCUT2D eigenvalue weighted by Gasteiger charge is 1.99. The Morgan fingerprint density at radius 3 is 2.47 bits per heavy atom. The standard InChI is InChI=1S/C14H23NO2/c1-3-17-14-7-5-13(6-8-14)9-11-15(2)10-4-12-16/h5-8,16H,3-4,9-12H2,1-2H3. The number of hydrogen-bond donors (Lipinski definition) is 1. The molecule has 17 heavy (non-hydrogen) atoms. The van der Waals surface area contributed by atoms with Crippen LogP contribution >= 0.6 is 0 Å². The van der Waals surface area contributed by atoms with Gasteiger partial charge in [0.1, 0.15) is 5.75 Å². The van der Waals surface area contributed by atoms with E-state index in [1.807, 2.05) is 19.1 Å². The molecule has 3 heteroatoms. The molecule has 1 N–H and O–H groups in total. The van der Waals surface area contributed by atoms with Crippen LogP contribution in [0.1, 0.15) is 18.9 Å². The molecule has 0 atom stereocenters. The molecule has 1 aromatic carbocycles. The molecule has 1 rings (SSSR count). The van der Waals surface area contributed by atoms with Crippen molar-refractivity contribution in [2.24, 2.45) is 0 Å². The predicted molar refractivity (Wildman–Crippen MR) is 70.5 cm³/mol. The number of likely N-dealkylation sites (N-methyl/N-ethyl adjacent to an activating group) is 1. The van der Waals surface area contributed by atoms with Gasteiger partial charge in [0.15, 0.2) is 0 Å². The maximum atomic E-state index is 8.74. The van der Waals surface area contributed by atoms with Crippen LogP contribution in [0.15, 0.2) is 24.3 Å². The molecule has 0 spiro atoms. The first-order chi connectivity index (χ1) is 8.26. The van der Waals surface area contributed by atoms with Crippen molar-refractivity contribution in [3.63, 3.8) is 0 Å². The fourth-order valence-electron chi connectivity index (χ4n) is 1.69. The zero-order valence-electron chi connectivity index (χ0n) is 10.9. The van der Waals surface area contributed by atoms with Crippen molar-refractivity contribution < 1.29 is 9.84 Å². The number of rotatable bonds is 8. The maximum Gasteiger partial charge on any atom is 0.119 e. The largest absolute Gasteiger partial charge is 0.494 e. The second-order valence-electron chi connectivity index (χ2n) is 4.21. The van der Waals surface area contributed by atoms with Crippen molar-refractivity contribution in [3.05, 3.63) is 29.8 Å². The van der Waals surface area contributed by atoms with E-state index < -0.39 is 0 Å². The number of nitrogens with zero attached hydrogens (tertiary/aromatic N) is 1. The van der Waals surface area contributed by atoms with Gasteiger partial charge in [-0.3, -0.25) is 0 Å². The van der Waals surface area contributed by atoms with Gasteiger partial charge in [-0.15, -0.1) is 0 Å². The topological polar surface area (TPSA) is 32.7 Å². The summed E-state index contributed by atoms with van der Waals surface area (Å²) in [7, 11) is 2.09. The van der Waals surface area contributed by atoms with Crippen LogP contribution in [0.25, 0.3) is 0 Å². The Hall–Kier alpha value is -1.06. The average molecular weight is 237 g/mol. The summed E-state index contributed by atoms with van der Waals surface area (Å²) >= 11 is 0. The molecule has 0 aliphatic heterocycles. The minimum absolute atomic E-state index is 0.271. The van der Waals surface area contributed by atoms with Gasteiger partial charge in [-0.25, -0.2) is 0 Å². The summed E-state index contributed by atoms with van der Waals surface area (Å²) < 4.78 is 5.40. The Morgan fingerprint density at radius 2 is 1.88 bits per heavy atom. The minimum Gasteiger partial charge on any atom is -0.494 e. The molecular formula is C14H23NO2. The number of aliphatic hydroxyl groups excluding tert-OH is 1. The van der Waals surface area contributed by atoms with Crippen molar-refractivity contribution in [2.45, 2.75) is 19.8 Å². The van der Waals surface area contributed by atoms with E-state index in [0.717, 1.165) is 31.7 Å². The molecule has 0 heterocycles. The summed E-state index contributed by atoms with van der Waals surface area (Å²) in [6.45, 7) is 4.95. The third-order valence-electron chi connectivity index (χ3n) is 2.71. The summed E-state index contributed by atoms with van der Waals surface area (Å²) in [5, 5.41) is 8.74. The van der Waals surface area contributed by atoms with E-state index >= 15 is 0 Å². The molecule has 0 saturated heterocycles. The van der Waals surface area contributed by atoms with Crippen LogP contribution in [-0.2, 0) is 6.42 Å². The van der Waals surface area contributed by atoms with Crippen LogP contribution in [0.5, 0.6) is 5.75 Å². The quantitative estimate of drug-likeness (QED) is 0.750. The second kappa shape index (κ2) is 8.09.